The summed E-state index contributed by atoms with van der Waals surface area (Å²) in [4.78, 5) is 22.3. The van der Waals surface area contributed by atoms with Crippen molar-refractivity contribution in [2.45, 2.75) is 6.92 Å². The zero-order valence-electron chi connectivity index (χ0n) is 10.9. The summed E-state index contributed by atoms with van der Waals surface area (Å²) in [6.45, 7) is 1.87. The molecule has 1 amide bonds. The Kier molecular flexibility index (Phi) is 4.45. The van der Waals surface area contributed by atoms with E-state index in [1.165, 1.54) is 18.2 Å². The fourth-order valence-corrected chi connectivity index (χ4v) is 2.31. The van der Waals surface area contributed by atoms with E-state index in [4.69, 9.17) is 23.2 Å². The topological polar surface area (TPSA) is 72.2 Å². The number of carbonyl (C=O) groups is 1. The largest absolute Gasteiger partial charge is 0.321 e. The number of hydrogen-bond acceptors (Lipinski definition) is 3. The molecule has 0 heterocycles. The van der Waals surface area contributed by atoms with Gasteiger partial charge in [0.05, 0.1) is 21.2 Å². The van der Waals surface area contributed by atoms with Crippen LogP contribution in [0.5, 0.6) is 0 Å². The monoisotopic (exact) mass is 324 g/mol. The van der Waals surface area contributed by atoms with Crippen LogP contribution in [0.15, 0.2) is 36.4 Å². The molecule has 0 bridgehead atoms. The number of aryl methyl sites for hydroxylation is 1. The van der Waals surface area contributed by atoms with Crippen molar-refractivity contribution in [2.75, 3.05) is 5.32 Å². The summed E-state index contributed by atoms with van der Waals surface area (Å²) < 4.78 is 0. The predicted octanol–water partition coefficient (Wildman–Crippen LogP) is 4.46. The third-order valence-electron chi connectivity index (χ3n) is 2.79. The van der Waals surface area contributed by atoms with Crippen LogP contribution in [-0.4, -0.2) is 10.8 Å². The number of hydrogen-bond donors (Lipinski definition) is 1. The third kappa shape index (κ3) is 3.32. The lowest BCUT2D eigenvalue weighted by molar-refractivity contribution is -0.384. The van der Waals surface area contributed by atoms with Gasteiger partial charge in [-0.3, -0.25) is 14.9 Å². The van der Waals surface area contributed by atoms with Crippen molar-refractivity contribution in [1.29, 1.82) is 0 Å². The molecule has 2 rings (SSSR count). The van der Waals surface area contributed by atoms with Gasteiger partial charge in [-0.15, -0.1) is 0 Å². The van der Waals surface area contributed by atoms with Crippen LogP contribution in [0.1, 0.15) is 15.9 Å². The average Bonchev–Trinajstić information content (AvgIpc) is 2.41. The van der Waals surface area contributed by atoms with Gasteiger partial charge >= 0.3 is 0 Å². The number of rotatable bonds is 3. The van der Waals surface area contributed by atoms with Crippen LogP contribution in [0.2, 0.25) is 10.0 Å². The smallest absolute Gasteiger partial charge is 0.288 e. The summed E-state index contributed by atoms with van der Waals surface area (Å²) in [6, 6.07) is 9.18. The molecule has 0 atom stereocenters. The Bertz CT molecular complexity index is 732. The van der Waals surface area contributed by atoms with E-state index in [0.29, 0.717) is 10.7 Å². The molecule has 0 saturated heterocycles. The molecule has 2 aromatic carbocycles. The number of nitro groups is 1. The maximum atomic E-state index is 12.2. The van der Waals surface area contributed by atoms with E-state index in [-0.39, 0.29) is 16.3 Å². The van der Waals surface area contributed by atoms with Gasteiger partial charge in [0.25, 0.3) is 11.6 Å². The summed E-state index contributed by atoms with van der Waals surface area (Å²) in [5, 5.41) is 13.6. The quantitative estimate of drug-likeness (QED) is 0.669. The van der Waals surface area contributed by atoms with Crippen LogP contribution in [0.4, 0.5) is 11.4 Å². The number of nitrogens with one attached hydrogen (secondary N) is 1. The number of benzene rings is 2. The average molecular weight is 325 g/mol. The second-order valence-corrected chi connectivity index (χ2v) is 5.12. The van der Waals surface area contributed by atoms with E-state index >= 15 is 0 Å². The van der Waals surface area contributed by atoms with Crippen molar-refractivity contribution in [1.82, 2.24) is 0 Å². The van der Waals surface area contributed by atoms with Crippen molar-refractivity contribution >= 4 is 40.5 Å². The van der Waals surface area contributed by atoms with E-state index in [2.05, 4.69) is 5.32 Å². The first kappa shape index (κ1) is 15.3. The van der Waals surface area contributed by atoms with Gasteiger partial charge in [0.1, 0.15) is 5.02 Å². The Labute approximate surface area is 130 Å². The van der Waals surface area contributed by atoms with Crippen molar-refractivity contribution < 1.29 is 9.72 Å². The first-order valence-electron chi connectivity index (χ1n) is 5.90. The molecule has 0 spiro atoms. The fourth-order valence-electron chi connectivity index (χ4n) is 1.75. The lowest BCUT2D eigenvalue weighted by Crippen LogP contribution is -2.13. The van der Waals surface area contributed by atoms with Gasteiger partial charge in [-0.05, 0) is 30.7 Å². The van der Waals surface area contributed by atoms with Crippen LogP contribution >= 0.6 is 23.2 Å². The first-order valence-corrected chi connectivity index (χ1v) is 6.66. The minimum absolute atomic E-state index is 0.0162. The van der Waals surface area contributed by atoms with Crippen molar-refractivity contribution in [2.24, 2.45) is 0 Å². The van der Waals surface area contributed by atoms with Gasteiger partial charge in [0.15, 0.2) is 0 Å². The standard InChI is InChI=1S/C14H10Cl2N2O3/c1-8-5-6-11(10(15)7-8)17-14(19)9-3-2-4-12(13(9)16)18(20)21/h2-7H,1H3,(H,17,19). The SMILES string of the molecule is Cc1ccc(NC(=O)c2cccc([N+](=O)[O-])c2Cl)c(Cl)c1. The molecule has 0 aliphatic carbocycles. The third-order valence-corrected chi connectivity index (χ3v) is 3.50. The minimum atomic E-state index is -0.641. The van der Waals surface area contributed by atoms with Crippen molar-refractivity contribution in [3.8, 4) is 0 Å². The van der Waals surface area contributed by atoms with Crippen LogP contribution in [0.3, 0.4) is 0 Å². The molecule has 7 heteroatoms. The maximum absolute atomic E-state index is 12.2. The molecule has 108 valence electrons. The second kappa shape index (κ2) is 6.11. The molecule has 0 aromatic heterocycles. The lowest BCUT2D eigenvalue weighted by Gasteiger charge is -2.09. The van der Waals surface area contributed by atoms with E-state index in [1.807, 2.05) is 6.92 Å². The Morgan fingerprint density at radius 1 is 1.24 bits per heavy atom. The molecule has 0 unspecified atom stereocenters. The van der Waals surface area contributed by atoms with Gasteiger partial charge in [0.2, 0.25) is 0 Å². The zero-order valence-corrected chi connectivity index (χ0v) is 12.4. The minimum Gasteiger partial charge on any atom is -0.321 e. The summed E-state index contributed by atoms with van der Waals surface area (Å²) >= 11 is 11.9. The number of anilines is 1. The highest BCUT2D eigenvalue weighted by Crippen LogP contribution is 2.29. The Morgan fingerprint density at radius 3 is 2.57 bits per heavy atom. The van der Waals surface area contributed by atoms with Crippen molar-refractivity contribution in [3.05, 3.63) is 67.7 Å². The highest BCUT2D eigenvalue weighted by molar-refractivity contribution is 6.37. The van der Waals surface area contributed by atoms with Crippen LogP contribution in [0, 0.1) is 17.0 Å². The van der Waals surface area contributed by atoms with E-state index in [0.717, 1.165) is 5.56 Å². The number of amides is 1. The molecule has 1 N–H and O–H groups in total. The molecule has 0 radical (unpaired) electrons. The van der Waals surface area contributed by atoms with Crippen LogP contribution < -0.4 is 5.32 Å². The fraction of sp³-hybridized carbons (Fsp3) is 0.0714. The second-order valence-electron chi connectivity index (χ2n) is 4.33. The van der Waals surface area contributed by atoms with Gasteiger partial charge in [-0.2, -0.15) is 0 Å². The summed E-state index contributed by atoms with van der Waals surface area (Å²) in [5.74, 6) is -0.561. The number of nitrogens with zero attached hydrogens (tertiary/aromatic N) is 1. The predicted molar refractivity (Wildman–Crippen MR) is 82.2 cm³/mol. The Morgan fingerprint density at radius 2 is 1.95 bits per heavy atom. The number of carbonyl (C=O) groups excluding carboxylic acids is 1. The Balaban J connectivity index is 2.33. The Hall–Kier alpha value is -2.11. The van der Waals surface area contributed by atoms with E-state index < -0.39 is 10.8 Å². The lowest BCUT2D eigenvalue weighted by atomic mass is 10.1. The normalized spacial score (nSPS) is 10.2. The van der Waals surface area contributed by atoms with E-state index in [1.54, 1.807) is 18.2 Å². The van der Waals surface area contributed by atoms with Crippen LogP contribution in [-0.2, 0) is 0 Å². The molecule has 21 heavy (non-hydrogen) atoms. The van der Waals surface area contributed by atoms with Gasteiger partial charge in [-0.25, -0.2) is 0 Å². The highest BCUT2D eigenvalue weighted by Gasteiger charge is 2.20. The first-order chi connectivity index (χ1) is 9.90. The van der Waals surface area contributed by atoms with Crippen molar-refractivity contribution in [3.63, 3.8) is 0 Å². The maximum Gasteiger partial charge on any atom is 0.288 e. The molecule has 0 aliphatic heterocycles. The highest BCUT2D eigenvalue weighted by atomic mass is 35.5. The molecule has 0 fully saturated rings. The molecular weight excluding hydrogens is 315 g/mol. The van der Waals surface area contributed by atoms with Gasteiger partial charge < -0.3 is 5.32 Å². The molecule has 2 aromatic rings. The zero-order chi connectivity index (χ0) is 15.6. The van der Waals surface area contributed by atoms with Gasteiger partial charge in [-0.1, -0.05) is 35.3 Å². The van der Waals surface area contributed by atoms with E-state index in [9.17, 15) is 14.9 Å². The van der Waals surface area contributed by atoms with Crippen LogP contribution in [0.25, 0.3) is 0 Å². The number of nitro benzene ring substituents is 1. The summed E-state index contributed by atoms with van der Waals surface area (Å²) in [5.41, 5.74) is 1.06. The summed E-state index contributed by atoms with van der Waals surface area (Å²) in [7, 11) is 0. The molecule has 0 saturated carbocycles. The number of halogens is 2. The summed E-state index contributed by atoms with van der Waals surface area (Å²) in [6.07, 6.45) is 0. The molecule has 5 nitrogen and oxygen atoms in total. The molecule has 0 aliphatic rings. The van der Waals surface area contributed by atoms with Gasteiger partial charge in [0, 0.05) is 6.07 Å². The molecular formula is C14H10Cl2N2O3.